The summed E-state index contributed by atoms with van der Waals surface area (Å²) in [6.07, 6.45) is 6.14. The average Bonchev–Trinajstić information content (AvgIpc) is 2.61. The SMILES string of the molecule is CCOP(=O)(OCC)C(=O)/C=C1/C=C(CCc2ccccc2)NC=N1. The molecule has 0 spiro atoms. The summed E-state index contributed by atoms with van der Waals surface area (Å²) in [6, 6.07) is 10.1. The number of hydrogen-bond acceptors (Lipinski definition) is 6. The van der Waals surface area contributed by atoms with Gasteiger partial charge in [-0.2, -0.15) is 0 Å². The van der Waals surface area contributed by atoms with Gasteiger partial charge in [0.05, 0.1) is 25.2 Å². The minimum absolute atomic E-state index is 0.134. The molecule has 7 heteroatoms. The third-order valence-corrected chi connectivity index (χ3v) is 5.32. The van der Waals surface area contributed by atoms with E-state index in [-0.39, 0.29) is 13.2 Å². The fourth-order valence-corrected chi connectivity index (χ4v) is 3.60. The Labute approximate surface area is 148 Å². The zero-order chi connectivity index (χ0) is 18.1. The number of nitrogens with one attached hydrogen (secondary N) is 1. The standard InChI is InChI=1S/C18H23N2O4P/c1-3-23-25(22,24-4-2)18(21)13-17-12-16(19-14-20-17)11-10-15-8-6-5-7-9-15/h5-9,12-14H,3-4,10-11H2,1-2H3,(H,19,20)/b17-13-. The number of rotatable bonds is 9. The van der Waals surface area contributed by atoms with Crippen molar-refractivity contribution < 1.29 is 18.4 Å². The normalized spacial score (nSPS) is 15.8. The number of aryl methyl sites for hydroxylation is 1. The van der Waals surface area contributed by atoms with Gasteiger partial charge in [-0.05, 0) is 38.3 Å². The minimum atomic E-state index is -3.80. The van der Waals surface area contributed by atoms with Crippen LogP contribution in [0.25, 0.3) is 0 Å². The van der Waals surface area contributed by atoms with Crippen molar-refractivity contribution in [2.24, 2.45) is 4.99 Å². The monoisotopic (exact) mass is 362 g/mol. The summed E-state index contributed by atoms with van der Waals surface area (Å²) in [7, 11) is -3.80. The number of allylic oxidation sites excluding steroid dienone is 3. The van der Waals surface area contributed by atoms with Crippen LogP contribution in [0.15, 0.2) is 58.9 Å². The van der Waals surface area contributed by atoms with Crippen molar-refractivity contribution in [1.82, 2.24) is 5.32 Å². The molecule has 0 aromatic heterocycles. The molecule has 2 rings (SSSR count). The second kappa shape index (κ2) is 9.47. The van der Waals surface area contributed by atoms with E-state index in [0.717, 1.165) is 18.5 Å². The maximum Gasteiger partial charge on any atom is 0.401 e. The van der Waals surface area contributed by atoms with Gasteiger partial charge in [-0.25, -0.2) is 4.99 Å². The van der Waals surface area contributed by atoms with E-state index >= 15 is 0 Å². The summed E-state index contributed by atoms with van der Waals surface area (Å²) >= 11 is 0. The van der Waals surface area contributed by atoms with Crippen molar-refractivity contribution in [1.29, 1.82) is 0 Å². The third kappa shape index (κ3) is 5.78. The van der Waals surface area contributed by atoms with Crippen molar-refractivity contribution in [3.05, 3.63) is 59.4 Å². The molecule has 0 fully saturated rings. The summed E-state index contributed by atoms with van der Waals surface area (Å²) in [5, 5.41) is 3.07. The molecule has 1 heterocycles. The van der Waals surface area contributed by atoms with E-state index in [1.807, 2.05) is 18.2 Å². The zero-order valence-corrected chi connectivity index (χ0v) is 15.4. The molecule has 0 saturated heterocycles. The molecule has 0 atom stereocenters. The largest absolute Gasteiger partial charge is 0.401 e. The first-order valence-corrected chi connectivity index (χ1v) is 9.80. The topological polar surface area (TPSA) is 77.0 Å². The van der Waals surface area contributed by atoms with Crippen LogP contribution in [0.4, 0.5) is 0 Å². The molecule has 6 nitrogen and oxygen atoms in total. The fraction of sp³-hybridized carbons (Fsp3) is 0.333. The summed E-state index contributed by atoms with van der Waals surface area (Å²) in [4.78, 5) is 16.4. The van der Waals surface area contributed by atoms with Gasteiger partial charge in [-0.15, -0.1) is 0 Å². The van der Waals surface area contributed by atoms with Gasteiger partial charge < -0.3 is 14.4 Å². The van der Waals surface area contributed by atoms with Crippen LogP contribution in [-0.4, -0.2) is 25.1 Å². The second-order valence-electron chi connectivity index (χ2n) is 5.30. The second-order valence-corrected chi connectivity index (χ2v) is 7.25. The van der Waals surface area contributed by atoms with Gasteiger partial charge in [-0.1, -0.05) is 30.3 Å². The molecule has 0 radical (unpaired) electrons. The predicted octanol–water partition coefficient (Wildman–Crippen LogP) is 3.81. The first-order chi connectivity index (χ1) is 12.1. The van der Waals surface area contributed by atoms with Gasteiger partial charge >= 0.3 is 7.60 Å². The van der Waals surface area contributed by atoms with Crippen LogP contribution < -0.4 is 5.32 Å². The summed E-state index contributed by atoms with van der Waals surface area (Å²) < 4.78 is 22.6. The number of aliphatic imine (C=N–C) groups is 1. The van der Waals surface area contributed by atoms with E-state index in [9.17, 15) is 9.36 Å². The molecule has 1 aliphatic rings. The highest BCUT2D eigenvalue weighted by Crippen LogP contribution is 2.49. The first-order valence-electron chi connectivity index (χ1n) is 8.26. The van der Waals surface area contributed by atoms with Crippen LogP contribution in [0, 0.1) is 0 Å². The predicted molar refractivity (Wildman–Crippen MR) is 98.4 cm³/mol. The Morgan fingerprint density at radius 2 is 1.84 bits per heavy atom. The van der Waals surface area contributed by atoms with Gasteiger partial charge in [0.15, 0.2) is 0 Å². The summed E-state index contributed by atoms with van der Waals surface area (Å²) in [5.74, 6) is 0. The Bertz CT molecular complexity index is 716. The van der Waals surface area contributed by atoms with Crippen molar-refractivity contribution in [3.8, 4) is 0 Å². The van der Waals surface area contributed by atoms with Crippen LogP contribution in [0.2, 0.25) is 0 Å². The first kappa shape index (κ1) is 19.3. The smallest absolute Gasteiger partial charge is 0.350 e. The highest BCUT2D eigenvalue weighted by molar-refractivity contribution is 7.72. The van der Waals surface area contributed by atoms with Crippen LogP contribution in [0.3, 0.4) is 0 Å². The summed E-state index contributed by atoms with van der Waals surface area (Å²) in [5.41, 5.74) is 1.89. The van der Waals surface area contributed by atoms with Crippen molar-refractivity contribution in [2.75, 3.05) is 13.2 Å². The number of nitrogens with zero attached hydrogens (tertiary/aromatic N) is 1. The Balaban J connectivity index is 2.07. The molecule has 25 heavy (non-hydrogen) atoms. The quantitative estimate of drug-likeness (QED) is 0.534. The van der Waals surface area contributed by atoms with Crippen LogP contribution in [-0.2, 0) is 24.8 Å². The van der Waals surface area contributed by atoms with E-state index in [0.29, 0.717) is 5.70 Å². The van der Waals surface area contributed by atoms with E-state index in [2.05, 4.69) is 22.4 Å². The molecule has 0 amide bonds. The van der Waals surface area contributed by atoms with Crippen molar-refractivity contribution in [2.45, 2.75) is 26.7 Å². The number of benzene rings is 1. The lowest BCUT2D eigenvalue weighted by atomic mass is 10.1. The van der Waals surface area contributed by atoms with Crippen molar-refractivity contribution >= 4 is 19.5 Å². The molecule has 0 bridgehead atoms. The lowest BCUT2D eigenvalue weighted by Gasteiger charge is -2.15. The third-order valence-electron chi connectivity index (χ3n) is 3.45. The molecule has 1 N–H and O–H groups in total. The minimum Gasteiger partial charge on any atom is -0.350 e. The Hall–Kier alpha value is -2.01. The van der Waals surface area contributed by atoms with E-state index in [4.69, 9.17) is 9.05 Å². The van der Waals surface area contributed by atoms with Crippen LogP contribution >= 0.6 is 7.60 Å². The van der Waals surface area contributed by atoms with Crippen molar-refractivity contribution in [3.63, 3.8) is 0 Å². The Kier molecular flexibility index (Phi) is 7.31. The molecule has 1 aliphatic heterocycles. The molecular weight excluding hydrogens is 339 g/mol. The van der Waals surface area contributed by atoms with E-state index in [1.165, 1.54) is 18.0 Å². The van der Waals surface area contributed by atoms with Crippen LogP contribution in [0.1, 0.15) is 25.8 Å². The highest BCUT2D eigenvalue weighted by atomic mass is 31.2. The lowest BCUT2D eigenvalue weighted by Crippen LogP contribution is -2.15. The number of hydrogen-bond donors (Lipinski definition) is 1. The summed E-state index contributed by atoms with van der Waals surface area (Å²) in [6.45, 7) is 3.59. The zero-order valence-electron chi connectivity index (χ0n) is 14.5. The maximum absolute atomic E-state index is 12.5. The lowest BCUT2D eigenvalue weighted by molar-refractivity contribution is -0.109. The Morgan fingerprint density at radius 3 is 2.48 bits per heavy atom. The number of carbonyl (C=O) groups is 1. The average molecular weight is 362 g/mol. The van der Waals surface area contributed by atoms with Gasteiger partial charge in [0, 0.05) is 11.8 Å². The molecule has 0 aliphatic carbocycles. The molecular formula is C18H23N2O4P. The van der Waals surface area contributed by atoms with Gasteiger partial charge in [0.25, 0.3) is 5.52 Å². The van der Waals surface area contributed by atoms with Gasteiger partial charge in [0.1, 0.15) is 0 Å². The van der Waals surface area contributed by atoms with E-state index < -0.39 is 13.1 Å². The fourth-order valence-electron chi connectivity index (χ4n) is 2.30. The molecule has 0 unspecified atom stereocenters. The Morgan fingerprint density at radius 1 is 1.16 bits per heavy atom. The molecule has 1 aromatic carbocycles. The van der Waals surface area contributed by atoms with Gasteiger partial charge in [0.2, 0.25) is 0 Å². The molecule has 134 valence electrons. The highest BCUT2D eigenvalue weighted by Gasteiger charge is 2.32. The van der Waals surface area contributed by atoms with E-state index in [1.54, 1.807) is 19.9 Å². The van der Waals surface area contributed by atoms with Crippen LogP contribution in [0.5, 0.6) is 0 Å². The maximum atomic E-state index is 12.5. The molecule has 1 aromatic rings. The molecule has 0 saturated carbocycles. The number of carbonyl (C=O) groups excluding carboxylic acids is 1. The van der Waals surface area contributed by atoms with Gasteiger partial charge in [-0.3, -0.25) is 9.36 Å².